The van der Waals surface area contributed by atoms with Gasteiger partial charge in [0.2, 0.25) is 10.6 Å². The first kappa shape index (κ1) is 20.0. The largest absolute Gasteiger partial charge is 0.360 e. The van der Waals surface area contributed by atoms with Crippen LogP contribution in [0.15, 0.2) is 57.3 Å². The number of benzene rings is 2. The summed E-state index contributed by atoms with van der Waals surface area (Å²) in [5.41, 5.74) is 3.87. The van der Waals surface area contributed by atoms with Crippen molar-refractivity contribution in [3.63, 3.8) is 0 Å². The second-order valence-electron chi connectivity index (χ2n) is 5.93. The standard InChI is InChI=1S/C18H12Cl3N5O2S/c1-9-14(16(23-28-9)10-5-2-3-6-11(10)19)17(27)29-18-22-24-25-26(18)13-8-4-7-12(20)15(13)21/h2-8,18H,1H3,(H,22,25). The van der Waals surface area contributed by atoms with Crippen molar-refractivity contribution >= 4 is 57.4 Å². The number of hydrogen-bond donors (Lipinski definition) is 1. The van der Waals surface area contributed by atoms with E-state index in [1.165, 1.54) is 0 Å². The summed E-state index contributed by atoms with van der Waals surface area (Å²) in [6.45, 7) is 1.67. The van der Waals surface area contributed by atoms with Gasteiger partial charge >= 0.3 is 0 Å². The van der Waals surface area contributed by atoms with Crippen molar-refractivity contribution in [2.75, 3.05) is 5.01 Å². The Bertz CT molecular complexity index is 1120. The van der Waals surface area contributed by atoms with Gasteiger partial charge < -0.3 is 4.52 Å². The molecule has 1 atom stereocenters. The quantitative estimate of drug-likeness (QED) is 0.494. The zero-order valence-electron chi connectivity index (χ0n) is 14.8. The predicted molar refractivity (Wildman–Crippen MR) is 114 cm³/mol. The van der Waals surface area contributed by atoms with E-state index in [0.29, 0.717) is 43.3 Å². The number of nitrogens with zero attached hydrogens (tertiary/aromatic N) is 4. The molecule has 29 heavy (non-hydrogen) atoms. The first-order valence-corrected chi connectivity index (χ1v) is 10.3. The fourth-order valence-electron chi connectivity index (χ4n) is 2.76. The summed E-state index contributed by atoms with van der Waals surface area (Å²) in [5.74, 6) is 0.382. The monoisotopic (exact) mass is 467 g/mol. The molecule has 1 N–H and O–H groups in total. The van der Waals surface area contributed by atoms with Crippen LogP contribution >= 0.6 is 46.6 Å². The molecule has 0 amide bonds. The number of aryl methyl sites for hydroxylation is 1. The molecule has 2 heterocycles. The average Bonchev–Trinajstić information content (AvgIpc) is 3.31. The van der Waals surface area contributed by atoms with E-state index in [4.69, 9.17) is 39.3 Å². The lowest BCUT2D eigenvalue weighted by atomic mass is 10.1. The summed E-state index contributed by atoms with van der Waals surface area (Å²) < 4.78 is 5.27. The van der Waals surface area contributed by atoms with Crippen molar-refractivity contribution in [1.29, 1.82) is 0 Å². The van der Waals surface area contributed by atoms with Crippen molar-refractivity contribution < 1.29 is 9.32 Å². The third-order valence-electron chi connectivity index (χ3n) is 4.13. The Morgan fingerprint density at radius 3 is 2.69 bits per heavy atom. The number of rotatable bonds is 4. The van der Waals surface area contributed by atoms with Gasteiger partial charge in [-0.25, -0.2) is 5.01 Å². The molecule has 0 aliphatic carbocycles. The number of carbonyl (C=O) groups is 1. The van der Waals surface area contributed by atoms with Gasteiger partial charge in [0.1, 0.15) is 11.5 Å². The molecule has 1 unspecified atom stereocenters. The Morgan fingerprint density at radius 1 is 1.14 bits per heavy atom. The molecule has 7 nitrogen and oxygen atoms in total. The molecule has 148 valence electrons. The first-order valence-electron chi connectivity index (χ1n) is 8.28. The van der Waals surface area contributed by atoms with E-state index in [0.717, 1.165) is 11.8 Å². The van der Waals surface area contributed by atoms with E-state index in [2.05, 4.69) is 21.0 Å². The maximum Gasteiger partial charge on any atom is 0.229 e. The molecule has 0 spiro atoms. The number of halogens is 3. The van der Waals surface area contributed by atoms with Crippen molar-refractivity contribution in [2.24, 2.45) is 10.3 Å². The summed E-state index contributed by atoms with van der Waals surface area (Å²) in [6, 6.07) is 12.3. The Labute approximate surface area is 184 Å². The van der Waals surface area contributed by atoms with Gasteiger partial charge in [-0.1, -0.05) is 69.4 Å². The first-order chi connectivity index (χ1) is 14.0. The molecule has 4 rings (SSSR count). The van der Waals surface area contributed by atoms with Gasteiger partial charge in [-0.2, -0.15) is 5.53 Å². The van der Waals surface area contributed by atoms with Crippen molar-refractivity contribution in [3.05, 3.63) is 68.9 Å². The summed E-state index contributed by atoms with van der Waals surface area (Å²) in [5, 5.41) is 14.3. The maximum absolute atomic E-state index is 13.1. The highest BCUT2D eigenvalue weighted by Gasteiger charge is 2.32. The number of anilines is 1. The van der Waals surface area contributed by atoms with Gasteiger partial charge in [-0.05, 0) is 36.9 Å². The highest BCUT2D eigenvalue weighted by atomic mass is 35.5. The summed E-state index contributed by atoms with van der Waals surface area (Å²) in [4.78, 5) is 13.1. The highest BCUT2D eigenvalue weighted by Crippen LogP contribution is 2.38. The molecule has 0 saturated heterocycles. The number of hydrazine groups is 1. The summed E-state index contributed by atoms with van der Waals surface area (Å²) >= 11 is 19.6. The Morgan fingerprint density at radius 2 is 1.90 bits per heavy atom. The minimum atomic E-state index is -0.702. The minimum Gasteiger partial charge on any atom is -0.360 e. The van der Waals surface area contributed by atoms with Crippen LogP contribution in [0.1, 0.15) is 16.1 Å². The number of aromatic nitrogens is 1. The normalized spacial score (nSPS) is 15.6. The molecule has 2 aromatic carbocycles. The van der Waals surface area contributed by atoms with Crippen LogP contribution in [-0.4, -0.2) is 15.8 Å². The van der Waals surface area contributed by atoms with Gasteiger partial charge in [0, 0.05) is 5.56 Å². The average molecular weight is 469 g/mol. The molecule has 0 saturated carbocycles. The van der Waals surface area contributed by atoms with Crippen LogP contribution in [0.2, 0.25) is 15.1 Å². The predicted octanol–water partition coefficient (Wildman–Crippen LogP) is 6.16. The van der Waals surface area contributed by atoms with Crippen LogP contribution in [0.5, 0.6) is 0 Å². The van der Waals surface area contributed by atoms with Crippen molar-refractivity contribution in [2.45, 2.75) is 12.4 Å². The Kier molecular flexibility index (Phi) is 5.69. The summed E-state index contributed by atoms with van der Waals surface area (Å²) in [6.07, 6.45) is 0. The SMILES string of the molecule is Cc1onc(-c2ccccc2Cl)c1C(=O)SC1N=NNN1c1cccc(Cl)c1Cl. The minimum absolute atomic E-state index is 0.297. The highest BCUT2D eigenvalue weighted by molar-refractivity contribution is 8.14. The molecule has 0 radical (unpaired) electrons. The third-order valence-corrected chi connectivity index (χ3v) is 6.20. The van der Waals surface area contributed by atoms with Crippen LogP contribution in [0, 0.1) is 6.92 Å². The fraction of sp³-hybridized carbons (Fsp3) is 0.111. The van der Waals surface area contributed by atoms with Gasteiger partial charge in [0.25, 0.3) is 0 Å². The molecule has 1 aromatic heterocycles. The molecule has 0 fully saturated rings. The van der Waals surface area contributed by atoms with E-state index in [9.17, 15) is 4.79 Å². The number of thioether (sulfide) groups is 1. The van der Waals surface area contributed by atoms with Crippen LogP contribution in [-0.2, 0) is 0 Å². The Hall–Kier alpha value is -2.26. The lowest BCUT2D eigenvalue weighted by Crippen LogP contribution is -2.36. The van der Waals surface area contributed by atoms with Crippen LogP contribution in [0.25, 0.3) is 11.3 Å². The number of nitrogens with one attached hydrogen (secondary N) is 1. The number of hydrogen-bond acceptors (Lipinski definition) is 8. The van der Waals surface area contributed by atoms with Crippen LogP contribution in [0.3, 0.4) is 0 Å². The van der Waals surface area contributed by atoms with Crippen LogP contribution in [0.4, 0.5) is 5.69 Å². The van der Waals surface area contributed by atoms with E-state index in [1.54, 1.807) is 48.3 Å². The zero-order valence-corrected chi connectivity index (χ0v) is 17.9. The van der Waals surface area contributed by atoms with Gasteiger partial charge in [-0.3, -0.25) is 4.79 Å². The zero-order chi connectivity index (χ0) is 20.5. The smallest absolute Gasteiger partial charge is 0.229 e. The van der Waals surface area contributed by atoms with E-state index >= 15 is 0 Å². The van der Waals surface area contributed by atoms with Crippen molar-refractivity contribution in [1.82, 2.24) is 10.7 Å². The maximum atomic E-state index is 13.1. The van der Waals surface area contributed by atoms with E-state index in [1.807, 2.05) is 6.07 Å². The molecule has 11 heteroatoms. The second-order valence-corrected chi connectivity index (χ2v) is 8.15. The van der Waals surface area contributed by atoms with Gasteiger partial charge in [0.15, 0.2) is 0 Å². The lowest BCUT2D eigenvalue weighted by Gasteiger charge is -2.23. The van der Waals surface area contributed by atoms with E-state index in [-0.39, 0.29) is 5.12 Å². The topological polar surface area (TPSA) is 83.1 Å². The van der Waals surface area contributed by atoms with Gasteiger partial charge in [0.05, 0.1) is 26.3 Å². The van der Waals surface area contributed by atoms with Crippen molar-refractivity contribution in [3.8, 4) is 11.3 Å². The third kappa shape index (κ3) is 3.81. The molecular weight excluding hydrogens is 457 g/mol. The fourth-order valence-corrected chi connectivity index (χ4v) is 4.28. The lowest BCUT2D eigenvalue weighted by molar-refractivity contribution is 0.108. The molecule has 0 bridgehead atoms. The molecule has 1 aliphatic rings. The van der Waals surface area contributed by atoms with Gasteiger partial charge in [-0.15, -0.1) is 5.11 Å². The summed E-state index contributed by atoms with van der Waals surface area (Å²) in [7, 11) is 0. The molecule has 3 aromatic rings. The molecular formula is C18H12Cl3N5O2S. The van der Waals surface area contributed by atoms with E-state index < -0.39 is 5.50 Å². The van der Waals surface area contributed by atoms with Crippen LogP contribution < -0.4 is 10.5 Å². The number of carbonyl (C=O) groups excluding carboxylic acids is 1. The second kappa shape index (κ2) is 8.23. The Balaban J connectivity index is 1.63. The molecule has 1 aliphatic heterocycles.